The van der Waals surface area contributed by atoms with E-state index in [0.717, 1.165) is 16.7 Å². The number of amides is 3. The third kappa shape index (κ3) is 3.99. The van der Waals surface area contributed by atoms with Gasteiger partial charge in [0.05, 0.1) is 17.9 Å². The highest BCUT2D eigenvalue weighted by Crippen LogP contribution is 2.40. The lowest BCUT2D eigenvalue weighted by Crippen LogP contribution is -2.49. The van der Waals surface area contributed by atoms with Crippen molar-refractivity contribution in [3.63, 3.8) is 0 Å². The molecule has 0 spiro atoms. The third-order valence-corrected chi connectivity index (χ3v) is 5.81. The molecule has 1 heterocycles. The topological polar surface area (TPSA) is 75.3 Å². The van der Waals surface area contributed by atoms with Crippen LogP contribution in [0.4, 0.5) is 0 Å². The van der Waals surface area contributed by atoms with Crippen LogP contribution in [0.3, 0.4) is 0 Å². The summed E-state index contributed by atoms with van der Waals surface area (Å²) in [6, 6.07) is 19.5. The molecule has 1 fully saturated rings. The lowest BCUT2D eigenvalue weighted by molar-refractivity contribution is -0.126. The molecule has 4 unspecified atom stereocenters. The molecule has 1 saturated heterocycles. The van der Waals surface area contributed by atoms with Crippen molar-refractivity contribution >= 4 is 17.7 Å². The summed E-state index contributed by atoms with van der Waals surface area (Å²) in [7, 11) is 0. The van der Waals surface area contributed by atoms with Crippen molar-refractivity contribution < 1.29 is 14.4 Å². The number of imide groups is 1. The molecule has 3 amide bonds. The fraction of sp³-hybridized carbons (Fsp3) is 0.292. The second-order valence-electron chi connectivity index (χ2n) is 7.84. The minimum Gasteiger partial charge on any atom is -0.349 e. The monoisotopic (exact) mass is 388 g/mol. The quantitative estimate of drug-likeness (QED) is 0.610. The number of rotatable bonds is 5. The zero-order valence-electron chi connectivity index (χ0n) is 16.3. The predicted molar refractivity (Wildman–Crippen MR) is 110 cm³/mol. The molecular formula is C24H24N2O3. The van der Waals surface area contributed by atoms with Crippen LogP contribution in [0, 0.1) is 17.8 Å². The maximum atomic E-state index is 12.7. The van der Waals surface area contributed by atoms with Crippen molar-refractivity contribution in [2.45, 2.75) is 25.8 Å². The molecule has 1 aliphatic heterocycles. The van der Waals surface area contributed by atoms with Crippen LogP contribution in [0.5, 0.6) is 0 Å². The summed E-state index contributed by atoms with van der Waals surface area (Å²) >= 11 is 0. The average Bonchev–Trinajstić information content (AvgIpc) is 3.00. The summed E-state index contributed by atoms with van der Waals surface area (Å²) < 4.78 is 0. The Hall–Kier alpha value is -3.21. The molecule has 2 aromatic rings. The van der Waals surface area contributed by atoms with Gasteiger partial charge < -0.3 is 5.32 Å². The Morgan fingerprint density at radius 2 is 1.48 bits per heavy atom. The molecule has 4 atom stereocenters. The van der Waals surface area contributed by atoms with Gasteiger partial charge in [0.2, 0.25) is 17.7 Å². The van der Waals surface area contributed by atoms with Crippen LogP contribution in [0.1, 0.15) is 18.1 Å². The summed E-state index contributed by atoms with van der Waals surface area (Å²) in [6.07, 6.45) is 3.41. The Morgan fingerprint density at radius 1 is 0.897 bits per heavy atom. The second kappa shape index (κ2) is 8.03. The van der Waals surface area contributed by atoms with Crippen molar-refractivity contribution in [3.8, 4) is 0 Å². The Balaban J connectivity index is 1.74. The molecule has 2 aliphatic rings. The lowest BCUT2D eigenvalue weighted by Gasteiger charge is -2.37. The number of hydrogen-bond donors (Lipinski definition) is 2. The van der Waals surface area contributed by atoms with Gasteiger partial charge in [0.25, 0.3) is 0 Å². The van der Waals surface area contributed by atoms with Crippen LogP contribution in [-0.4, -0.2) is 23.8 Å². The predicted octanol–water partition coefficient (Wildman–Crippen LogP) is 2.42. The summed E-state index contributed by atoms with van der Waals surface area (Å²) in [5, 5.41) is 5.44. The van der Waals surface area contributed by atoms with E-state index in [4.69, 9.17) is 0 Å². The van der Waals surface area contributed by atoms with E-state index in [1.54, 1.807) is 0 Å². The summed E-state index contributed by atoms with van der Waals surface area (Å²) in [4.78, 5) is 37.2. The first-order chi connectivity index (χ1) is 14.0. The smallest absolute Gasteiger partial charge is 0.232 e. The summed E-state index contributed by atoms with van der Waals surface area (Å²) in [5.74, 6) is -1.90. The molecule has 0 bridgehead atoms. The first-order valence-corrected chi connectivity index (χ1v) is 9.93. The normalized spacial score (nSPS) is 25.8. The number of hydrogen-bond acceptors (Lipinski definition) is 3. The van der Waals surface area contributed by atoms with E-state index in [-0.39, 0.29) is 23.6 Å². The van der Waals surface area contributed by atoms with Gasteiger partial charge in [-0.3, -0.25) is 19.7 Å². The molecule has 148 valence electrons. The number of carbonyl (C=O) groups excluding carboxylic acids is 3. The molecule has 0 saturated carbocycles. The van der Waals surface area contributed by atoms with E-state index in [0.29, 0.717) is 12.8 Å². The van der Waals surface area contributed by atoms with Crippen molar-refractivity contribution in [2.24, 2.45) is 17.8 Å². The Morgan fingerprint density at radius 3 is 2.10 bits per heavy atom. The molecule has 2 aromatic carbocycles. The van der Waals surface area contributed by atoms with Gasteiger partial charge in [0.1, 0.15) is 0 Å². The summed E-state index contributed by atoms with van der Waals surface area (Å²) in [6.45, 7) is 1.44. The van der Waals surface area contributed by atoms with Crippen molar-refractivity contribution in [1.82, 2.24) is 10.6 Å². The van der Waals surface area contributed by atoms with E-state index in [1.165, 1.54) is 6.92 Å². The van der Waals surface area contributed by atoms with Crippen LogP contribution < -0.4 is 10.6 Å². The Bertz CT molecular complexity index is 953. The molecule has 29 heavy (non-hydrogen) atoms. The Labute approximate surface area is 170 Å². The second-order valence-corrected chi connectivity index (χ2v) is 7.84. The van der Waals surface area contributed by atoms with Crippen LogP contribution in [-0.2, 0) is 27.2 Å². The number of fused-ring (bicyclic) bond motifs is 1. The highest BCUT2D eigenvalue weighted by molar-refractivity contribution is 6.06. The van der Waals surface area contributed by atoms with Crippen molar-refractivity contribution in [2.75, 3.05) is 0 Å². The van der Waals surface area contributed by atoms with Gasteiger partial charge in [0.15, 0.2) is 0 Å². The molecule has 1 aliphatic carbocycles. The van der Waals surface area contributed by atoms with E-state index >= 15 is 0 Å². The van der Waals surface area contributed by atoms with Crippen molar-refractivity contribution in [3.05, 3.63) is 83.4 Å². The van der Waals surface area contributed by atoms with Gasteiger partial charge >= 0.3 is 0 Å². The van der Waals surface area contributed by atoms with Crippen LogP contribution in [0.25, 0.3) is 0 Å². The van der Waals surface area contributed by atoms with E-state index in [9.17, 15) is 14.4 Å². The van der Waals surface area contributed by atoms with Gasteiger partial charge in [-0.25, -0.2) is 0 Å². The van der Waals surface area contributed by atoms with Crippen molar-refractivity contribution in [1.29, 1.82) is 0 Å². The summed E-state index contributed by atoms with van der Waals surface area (Å²) in [5.41, 5.74) is 3.21. The number of carbonyl (C=O) groups is 3. The Kier molecular flexibility index (Phi) is 5.30. The fourth-order valence-corrected chi connectivity index (χ4v) is 4.62. The maximum absolute atomic E-state index is 12.7. The van der Waals surface area contributed by atoms with E-state index in [2.05, 4.69) is 16.7 Å². The molecule has 2 N–H and O–H groups in total. The van der Waals surface area contributed by atoms with Gasteiger partial charge in [-0.15, -0.1) is 0 Å². The first-order valence-electron chi connectivity index (χ1n) is 9.93. The molecule has 5 heteroatoms. The highest BCUT2D eigenvalue weighted by atomic mass is 16.2. The number of nitrogens with one attached hydrogen (secondary N) is 2. The fourth-order valence-electron chi connectivity index (χ4n) is 4.62. The minimum absolute atomic E-state index is 0.0995. The van der Waals surface area contributed by atoms with E-state index < -0.39 is 17.9 Å². The largest absolute Gasteiger partial charge is 0.349 e. The molecule has 4 rings (SSSR count). The van der Waals surface area contributed by atoms with Crippen LogP contribution in [0.2, 0.25) is 0 Å². The molecule has 0 aromatic heterocycles. The minimum atomic E-state index is -0.580. The molecular weight excluding hydrogens is 364 g/mol. The van der Waals surface area contributed by atoms with Crippen LogP contribution in [0.15, 0.2) is 72.3 Å². The molecule has 0 radical (unpaired) electrons. The highest BCUT2D eigenvalue weighted by Gasteiger charge is 2.52. The first kappa shape index (κ1) is 19.1. The van der Waals surface area contributed by atoms with Gasteiger partial charge in [-0.05, 0) is 35.5 Å². The van der Waals surface area contributed by atoms with E-state index in [1.807, 2.05) is 60.7 Å². The van der Waals surface area contributed by atoms with Gasteiger partial charge in [-0.1, -0.05) is 66.7 Å². The van der Waals surface area contributed by atoms with Crippen LogP contribution >= 0.6 is 0 Å². The average molecular weight is 388 g/mol. The molecule has 5 nitrogen and oxygen atoms in total. The standard InChI is InChI=1S/C24H24N2O3/c1-15(27)25-22-19(13-17-10-6-3-7-11-17)14-18(12-16-8-4-2-5-9-16)20-21(22)24(29)26-23(20)28/h2-11,14,18,20-22H,12-13H2,1H3,(H,25,27)(H,26,28,29). The number of benzene rings is 2. The zero-order chi connectivity index (χ0) is 20.4. The third-order valence-electron chi connectivity index (χ3n) is 5.81. The number of allylic oxidation sites excluding steroid dienone is 1. The van der Waals surface area contributed by atoms with Gasteiger partial charge in [0, 0.05) is 6.92 Å². The zero-order valence-corrected chi connectivity index (χ0v) is 16.3. The maximum Gasteiger partial charge on any atom is 0.232 e. The SMILES string of the molecule is CC(=O)NC1C(Cc2ccccc2)=CC(Cc2ccccc2)C2C(=O)NC(=O)C12. The van der Waals surface area contributed by atoms with Gasteiger partial charge in [-0.2, -0.15) is 0 Å². The lowest BCUT2D eigenvalue weighted by atomic mass is 9.68.